The van der Waals surface area contributed by atoms with Crippen LogP contribution in [0.2, 0.25) is 5.02 Å². The molecule has 0 aliphatic heterocycles. The summed E-state index contributed by atoms with van der Waals surface area (Å²) in [6.07, 6.45) is 2.33. The van der Waals surface area contributed by atoms with E-state index < -0.39 is 15.8 Å². The van der Waals surface area contributed by atoms with Gasteiger partial charge in [0.2, 0.25) is 0 Å². The first-order chi connectivity index (χ1) is 7.99. The van der Waals surface area contributed by atoms with Crippen LogP contribution < -0.4 is 4.72 Å². The van der Waals surface area contributed by atoms with Crippen LogP contribution in [0, 0.1) is 5.82 Å². The molecule has 0 spiro atoms. The number of sulfonamides is 1. The maximum Gasteiger partial charge on any atom is 0.279 e. The van der Waals surface area contributed by atoms with E-state index in [1.807, 2.05) is 0 Å². The Hall–Kier alpha value is -1.60. The van der Waals surface area contributed by atoms with E-state index in [1.54, 1.807) is 0 Å². The Balaban J connectivity index is 2.36. The lowest BCUT2D eigenvalue weighted by molar-refractivity contribution is 0.596. The minimum atomic E-state index is -3.88. The Morgan fingerprint density at radius 2 is 2.18 bits per heavy atom. The summed E-state index contributed by atoms with van der Waals surface area (Å²) in [5.41, 5.74) is -0.216. The van der Waals surface area contributed by atoms with Crippen LogP contribution in [-0.2, 0) is 10.0 Å². The molecule has 1 aromatic carbocycles. The number of imidazole rings is 1. The quantitative estimate of drug-likeness (QED) is 0.900. The van der Waals surface area contributed by atoms with Gasteiger partial charge in [-0.1, -0.05) is 11.6 Å². The highest BCUT2D eigenvalue weighted by molar-refractivity contribution is 7.92. The maximum atomic E-state index is 13.3. The Kier molecular flexibility index (Phi) is 3.03. The maximum absolute atomic E-state index is 13.3. The molecule has 0 atom stereocenters. The van der Waals surface area contributed by atoms with Crippen LogP contribution in [-0.4, -0.2) is 18.4 Å². The SMILES string of the molecule is O=S(=O)(Nc1cc(Cl)ccc1F)c1cnc[nH]1. The van der Waals surface area contributed by atoms with Crippen molar-refractivity contribution in [2.24, 2.45) is 0 Å². The number of hydrogen-bond donors (Lipinski definition) is 2. The zero-order chi connectivity index (χ0) is 12.5. The molecular weight excluding hydrogens is 269 g/mol. The van der Waals surface area contributed by atoms with Gasteiger partial charge >= 0.3 is 0 Å². The molecule has 0 amide bonds. The molecule has 90 valence electrons. The van der Waals surface area contributed by atoms with Gasteiger partial charge in [-0.2, -0.15) is 8.42 Å². The molecular formula is C9H7ClFN3O2S. The normalized spacial score (nSPS) is 11.4. The molecule has 0 aliphatic carbocycles. The number of aromatic amines is 1. The Morgan fingerprint density at radius 1 is 1.41 bits per heavy atom. The molecule has 0 radical (unpaired) electrons. The predicted octanol–water partition coefficient (Wildman–Crippen LogP) is 2.00. The highest BCUT2D eigenvalue weighted by Crippen LogP contribution is 2.22. The number of benzene rings is 1. The first-order valence-corrected chi connectivity index (χ1v) is 6.31. The van der Waals surface area contributed by atoms with Crippen molar-refractivity contribution in [3.05, 3.63) is 41.6 Å². The fraction of sp³-hybridized carbons (Fsp3) is 0. The average Bonchev–Trinajstić information content (AvgIpc) is 2.77. The second-order valence-electron chi connectivity index (χ2n) is 3.15. The molecule has 1 aromatic heterocycles. The fourth-order valence-corrected chi connectivity index (χ4v) is 2.30. The molecule has 0 fully saturated rings. The first kappa shape index (κ1) is 11.9. The van der Waals surface area contributed by atoms with Crippen LogP contribution in [0.1, 0.15) is 0 Å². The van der Waals surface area contributed by atoms with E-state index in [4.69, 9.17) is 11.6 Å². The van der Waals surface area contributed by atoms with Crippen molar-refractivity contribution in [1.29, 1.82) is 0 Å². The first-order valence-electron chi connectivity index (χ1n) is 4.45. The number of halogens is 2. The minimum absolute atomic E-state index is 0.156. The summed E-state index contributed by atoms with van der Waals surface area (Å²) in [6, 6.07) is 3.59. The summed E-state index contributed by atoms with van der Waals surface area (Å²) < 4.78 is 38.9. The number of hydrogen-bond acceptors (Lipinski definition) is 3. The standard InChI is InChI=1S/C9H7ClFN3O2S/c10-6-1-2-7(11)8(3-6)14-17(15,16)9-4-12-5-13-9/h1-5,14H,(H,12,13). The summed E-state index contributed by atoms with van der Waals surface area (Å²) in [4.78, 5) is 5.99. The summed E-state index contributed by atoms with van der Waals surface area (Å²) in [6.45, 7) is 0. The molecule has 8 heteroatoms. The molecule has 2 aromatic rings. The number of nitrogens with zero attached hydrogens (tertiary/aromatic N) is 1. The van der Waals surface area contributed by atoms with Gasteiger partial charge < -0.3 is 4.98 Å². The third-order valence-corrected chi connectivity index (χ3v) is 3.46. The van der Waals surface area contributed by atoms with Crippen molar-refractivity contribution < 1.29 is 12.8 Å². The number of aromatic nitrogens is 2. The molecule has 0 saturated heterocycles. The van der Waals surface area contributed by atoms with E-state index in [-0.39, 0.29) is 15.7 Å². The third kappa shape index (κ3) is 2.56. The van der Waals surface area contributed by atoms with E-state index >= 15 is 0 Å². The van der Waals surface area contributed by atoms with Crippen LogP contribution in [0.5, 0.6) is 0 Å². The minimum Gasteiger partial charge on any atom is -0.334 e. The van der Waals surface area contributed by atoms with Crippen LogP contribution in [0.25, 0.3) is 0 Å². The second kappa shape index (κ2) is 4.34. The Bertz CT molecular complexity index is 628. The molecule has 0 bridgehead atoms. The van der Waals surface area contributed by atoms with E-state index in [2.05, 4.69) is 14.7 Å². The topological polar surface area (TPSA) is 74.8 Å². The molecule has 0 saturated carbocycles. The fourth-order valence-electron chi connectivity index (χ4n) is 1.17. The largest absolute Gasteiger partial charge is 0.334 e. The van der Waals surface area contributed by atoms with Crippen LogP contribution in [0.15, 0.2) is 35.7 Å². The van der Waals surface area contributed by atoms with Gasteiger partial charge in [0.1, 0.15) is 5.82 Å². The van der Waals surface area contributed by atoms with E-state index in [0.29, 0.717) is 0 Å². The van der Waals surface area contributed by atoms with Gasteiger partial charge in [-0.3, -0.25) is 4.72 Å². The van der Waals surface area contributed by atoms with Crippen LogP contribution in [0.4, 0.5) is 10.1 Å². The van der Waals surface area contributed by atoms with Crippen molar-refractivity contribution in [2.45, 2.75) is 5.03 Å². The lowest BCUT2D eigenvalue weighted by atomic mass is 10.3. The molecule has 0 unspecified atom stereocenters. The number of H-pyrrole nitrogens is 1. The summed E-state index contributed by atoms with van der Waals surface area (Å²) >= 11 is 5.65. The highest BCUT2D eigenvalue weighted by Gasteiger charge is 2.17. The van der Waals surface area contributed by atoms with Crippen molar-refractivity contribution in [1.82, 2.24) is 9.97 Å². The zero-order valence-corrected chi connectivity index (χ0v) is 9.89. The van der Waals surface area contributed by atoms with Gasteiger partial charge in [0.25, 0.3) is 10.0 Å². The Labute approximate surface area is 102 Å². The number of anilines is 1. The molecule has 1 heterocycles. The van der Waals surface area contributed by atoms with E-state index in [0.717, 1.165) is 12.3 Å². The summed E-state index contributed by atoms with van der Waals surface area (Å²) in [7, 11) is -3.88. The lowest BCUT2D eigenvalue weighted by Crippen LogP contribution is -2.14. The van der Waals surface area contributed by atoms with E-state index in [9.17, 15) is 12.8 Å². The number of rotatable bonds is 3. The predicted molar refractivity (Wildman–Crippen MR) is 60.8 cm³/mol. The van der Waals surface area contributed by atoms with Crippen LogP contribution in [0.3, 0.4) is 0 Å². The highest BCUT2D eigenvalue weighted by atomic mass is 35.5. The summed E-state index contributed by atoms with van der Waals surface area (Å²) in [5.74, 6) is -0.711. The molecule has 2 N–H and O–H groups in total. The molecule has 0 aliphatic rings. The molecule has 2 rings (SSSR count). The van der Waals surface area contributed by atoms with Crippen LogP contribution >= 0.6 is 11.6 Å². The van der Waals surface area contributed by atoms with Crippen molar-refractivity contribution in [3.8, 4) is 0 Å². The number of nitrogens with one attached hydrogen (secondary N) is 2. The van der Waals surface area contributed by atoms with Crippen molar-refractivity contribution in [2.75, 3.05) is 4.72 Å². The smallest absolute Gasteiger partial charge is 0.279 e. The van der Waals surface area contributed by atoms with Gasteiger partial charge in [0.15, 0.2) is 5.03 Å². The van der Waals surface area contributed by atoms with Crippen molar-refractivity contribution in [3.63, 3.8) is 0 Å². The van der Waals surface area contributed by atoms with Gasteiger partial charge in [-0.05, 0) is 18.2 Å². The molecule has 17 heavy (non-hydrogen) atoms. The average molecular weight is 276 g/mol. The van der Waals surface area contributed by atoms with Gasteiger partial charge in [0.05, 0.1) is 18.2 Å². The second-order valence-corrected chi connectivity index (χ2v) is 5.23. The molecule has 5 nitrogen and oxygen atoms in total. The van der Waals surface area contributed by atoms with Gasteiger partial charge in [-0.25, -0.2) is 9.37 Å². The van der Waals surface area contributed by atoms with Crippen molar-refractivity contribution >= 4 is 27.3 Å². The zero-order valence-electron chi connectivity index (χ0n) is 8.31. The van der Waals surface area contributed by atoms with E-state index in [1.165, 1.54) is 18.5 Å². The lowest BCUT2D eigenvalue weighted by Gasteiger charge is -2.07. The monoisotopic (exact) mass is 275 g/mol. The van der Waals surface area contributed by atoms with Gasteiger partial charge in [-0.15, -0.1) is 0 Å². The summed E-state index contributed by atoms with van der Waals surface area (Å²) in [5, 5.41) is 0.0746. The van der Waals surface area contributed by atoms with Gasteiger partial charge in [0, 0.05) is 5.02 Å². The third-order valence-electron chi connectivity index (χ3n) is 1.94. The Morgan fingerprint density at radius 3 is 2.82 bits per heavy atom.